The van der Waals surface area contributed by atoms with Crippen LogP contribution in [-0.4, -0.2) is 5.54 Å². The Morgan fingerprint density at radius 3 is 1.78 bits per heavy atom. The Bertz CT molecular complexity index is 73.5. The highest BCUT2D eigenvalue weighted by atomic mass is 35.5. The second-order valence-corrected chi connectivity index (χ2v) is 4.13. The molecule has 0 aromatic rings. The van der Waals surface area contributed by atoms with Gasteiger partial charge in [-0.2, -0.15) is 22.9 Å². The van der Waals surface area contributed by atoms with Crippen molar-refractivity contribution in [1.29, 1.82) is 0 Å². The zero-order valence-corrected chi connectivity index (χ0v) is 7.71. The standard InChI is InChI=1S/C6H13BCl2/c1-5(2)6(3)4-7(8)9/h5-6H,4H2,1-3H3. The molecule has 0 rings (SSSR count). The molecule has 0 aromatic heterocycles. The van der Waals surface area contributed by atoms with Gasteiger partial charge in [-0.05, 0) is 18.2 Å². The predicted molar refractivity (Wildman–Crippen MR) is 46.3 cm³/mol. The Labute approximate surface area is 67.8 Å². The van der Waals surface area contributed by atoms with Crippen LogP contribution in [-0.2, 0) is 0 Å². The third-order valence-electron chi connectivity index (χ3n) is 1.69. The first-order valence-corrected chi connectivity index (χ1v) is 4.19. The van der Waals surface area contributed by atoms with Gasteiger partial charge in [0.05, 0.1) is 0 Å². The third kappa shape index (κ3) is 5.11. The zero-order chi connectivity index (χ0) is 7.44. The Morgan fingerprint density at radius 1 is 1.22 bits per heavy atom. The third-order valence-corrected chi connectivity index (χ3v) is 2.04. The molecule has 0 aliphatic heterocycles. The molecule has 0 radical (unpaired) electrons. The van der Waals surface area contributed by atoms with Crippen molar-refractivity contribution in [2.24, 2.45) is 11.8 Å². The molecule has 9 heavy (non-hydrogen) atoms. The molecule has 0 aliphatic rings. The smallest absolute Gasteiger partial charge is 0.172 e. The summed E-state index contributed by atoms with van der Waals surface area (Å²) in [6.07, 6.45) is 0.904. The van der Waals surface area contributed by atoms with E-state index >= 15 is 0 Å². The van der Waals surface area contributed by atoms with Crippen LogP contribution in [0.2, 0.25) is 6.32 Å². The van der Waals surface area contributed by atoms with E-state index < -0.39 is 0 Å². The molecule has 0 aromatic carbocycles. The van der Waals surface area contributed by atoms with Crippen LogP contribution in [0.5, 0.6) is 0 Å². The molecule has 54 valence electrons. The van der Waals surface area contributed by atoms with Gasteiger partial charge in [0.15, 0.2) is 0 Å². The molecule has 0 saturated heterocycles. The highest BCUT2D eigenvalue weighted by Gasteiger charge is 2.14. The van der Waals surface area contributed by atoms with Gasteiger partial charge in [0.25, 0.3) is 0 Å². The van der Waals surface area contributed by atoms with E-state index in [0.29, 0.717) is 11.8 Å². The maximum absolute atomic E-state index is 5.58. The van der Waals surface area contributed by atoms with Crippen molar-refractivity contribution in [1.82, 2.24) is 0 Å². The lowest BCUT2D eigenvalue weighted by molar-refractivity contribution is 0.456. The molecular weight excluding hydrogens is 154 g/mol. The van der Waals surface area contributed by atoms with E-state index in [1.165, 1.54) is 0 Å². The monoisotopic (exact) mass is 166 g/mol. The Hall–Kier alpha value is 0.645. The van der Waals surface area contributed by atoms with Gasteiger partial charge in [-0.25, -0.2) is 0 Å². The normalized spacial score (nSPS) is 14.0. The summed E-state index contributed by atoms with van der Waals surface area (Å²) >= 11 is 11.2. The summed E-state index contributed by atoms with van der Waals surface area (Å²) < 4.78 is 0. The minimum absolute atomic E-state index is 0.192. The van der Waals surface area contributed by atoms with E-state index in [-0.39, 0.29) is 5.54 Å². The van der Waals surface area contributed by atoms with Crippen LogP contribution in [0, 0.1) is 11.8 Å². The molecule has 0 nitrogen and oxygen atoms in total. The summed E-state index contributed by atoms with van der Waals surface area (Å²) in [5.41, 5.74) is -0.192. The van der Waals surface area contributed by atoms with Gasteiger partial charge >= 0.3 is 5.54 Å². The van der Waals surface area contributed by atoms with E-state index in [1.807, 2.05) is 0 Å². The van der Waals surface area contributed by atoms with Crippen molar-refractivity contribution in [2.75, 3.05) is 0 Å². The van der Waals surface area contributed by atoms with E-state index in [0.717, 1.165) is 6.32 Å². The van der Waals surface area contributed by atoms with Crippen LogP contribution in [0.3, 0.4) is 0 Å². The minimum atomic E-state index is -0.192. The molecule has 0 heterocycles. The molecule has 3 heteroatoms. The second-order valence-electron chi connectivity index (χ2n) is 2.85. The molecule has 0 spiro atoms. The van der Waals surface area contributed by atoms with E-state index in [1.54, 1.807) is 0 Å². The van der Waals surface area contributed by atoms with E-state index in [4.69, 9.17) is 22.9 Å². The van der Waals surface area contributed by atoms with Crippen molar-refractivity contribution in [3.05, 3.63) is 0 Å². The van der Waals surface area contributed by atoms with Crippen molar-refractivity contribution in [3.8, 4) is 0 Å². The fourth-order valence-corrected chi connectivity index (χ4v) is 1.12. The molecule has 0 fully saturated rings. The van der Waals surface area contributed by atoms with Crippen molar-refractivity contribution >= 4 is 28.5 Å². The number of halogens is 2. The SMILES string of the molecule is CC(C)C(C)CB(Cl)Cl. The number of rotatable bonds is 3. The van der Waals surface area contributed by atoms with Crippen molar-refractivity contribution in [3.63, 3.8) is 0 Å². The van der Waals surface area contributed by atoms with Crippen LogP contribution in [0.15, 0.2) is 0 Å². The molecule has 1 atom stereocenters. The van der Waals surface area contributed by atoms with Gasteiger partial charge in [0, 0.05) is 0 Å². The molecule has 0 saturated carbocycles. The van der Waals surface area contributed by atoms with Crippen molar-refractivity contribution < 1.29 is 0 Å². The van der Waals surface area contributed by atoms with Crippen molar-refractivity contribution in [2.45, 2.75) is 27.1 Å². The Morgan fingerprint density at radius 2 is 1.67 bits per heavy atom. The highest BCUT2D eigenvalue weighted by molar-refractivity contribution is 7.33. The van der Waals surface area contributed by atoms with E-state index in [2.05, 4.69) is 20.8 Å². The first-order chi connectivity index (χ1) is 4.04. The minimum Gasteiger partial charge on any atom is -0.172 e. The average Bonchev–Trinajstić information content (AvgIpc) is 1.63. The lowest BCUT2D eigenvalue weighted by atomic mass is 9.83. The predicted octanol–water partition coefficient (Wildman–Crippen LogP) is 3.24. The van der Waals surface area contributed by atoms with Crippen LogP contribution in [0.1, 0.15) is 20.8 Å². The maximum atomic E-state index is 5.58. The molecule has 0 N–H and O–H groups in total. The fraction of sp³-hybridized carbons (Fsp3) is 1.00. The van der Waals surface area contributed by atoms with Crippen LogP contribution in [0.25, 0.3) is 0 Å². The van der Waals surface area contributed by atoms with Gasteiger partial charge in [0.1, 0.15) is 0 Å². The molecule has 1 unspecified atom stereocenters. The van der Waals surface area contributed by atoms with Crippen LogP contribution >= 0.6 is 22.9 Å². The maximum Gasteiger partial charge on any atom is 0.351 e. The Kier molecular flexibility index (Phi) is 4.78. The van der Waals surface area contributed by atoms with Crippen LogP contribution < -0.4 is 0 Å². The molecule has 0 aliphatic carbocycles. The van der Waals surface area contributed by atoms with Crippen LogP contribution in [0.4, 0.5) is 0 Å². The molecule has 0 bridgehead atoms. The Balaban J connectivity index is 3.38. The summed E-state index contributed by atoms with van der Waals surface area (Å²) in [5, 5.41) is 0. The quantitative estimate of drug-likeness (QED) is 0.565. The molecule has 0 amide bonds. The van der Waals surface area contributed by atoms with Gasteiger partial charge in [-0.1, -0.05) is 20.8 Å². The van der Waals surface area contributed by atoms with Gasteiger partial charge in [-0.15, -0.1) is 0 Å². The summed E-state index contributed by atoms with van der Waals surface area (Å²) in [6.45, 7) is 6.53. The zero-order valence-electron chi connectivity index (χ0n) is 6.20. The lowest BCUT2D eigenvalue weighted by Crippen LogP contribution is -2.08. The largest absolute Gasteiger partial charge is 0.351 e. The van der Waals surface area contributed by atoms with Gasteiger partial charge in [-0.3, -0.25) is 0 Å². The first-order valence-electron chi connectivity index (χ1n) is 3.32. The van der Waals surface area contributed by atoms with Gasteiger partial charge in [0.2, 0.25) is 0 Å². The lowest BCUT2D eigenvalue weighted by Gasteiger charge is -2.13. The summed E-state index contributed by atoms with van der Waals surface area (Å²) in [5.74, 6) is 1.31. The fourth-order valence-electron chi connectivity index (χ4n) is 0.553. The summed E-state index contributed by atoms with van der Waals surface area (Å²) in [6, 6.07) is 0. The van der Waals surface area contributed by atoms with E-state index in [9.17, 15) is 0 Å². The van der Waals surface area contributed by atoms with Gasteiger partial charge < -0.3 is 0 Å². The highest BCUT2D eigenvalue weighted by Crippen LogP contribution is 2.19. The average molecular weight is 167 g/mol. The number of hydrogen-bond donors (Lipinski definition) is 0. The molecular formula is C6H13BCl2. The summed E-state index contributed by atoms with van der Waals surface area (Å²) in [7, 11) is 0. The second kappa shape index (κ2) is 4.46. The first kappa shape index (κ1) is 9.64. The summed E-state index contributed by atoms with van der Waals surface area (Å²) in [4.78, 5) is 0. The number of hydrogen-bond acceptors (Lipinski definition) is 0. The topological polar surface area (TPSA) is 0 Å².